The molecule has 5 N–H and O–H groups in total. The number of rotatable bonds is 6. The molecular weight excluding hydrogens is 280 g/mol. The van der Waals surface area contributed by atoms with Gasteiger partial charge in [0.25, 0.3) is 0 Å². The molecule has 0 fully saturated rings. The molecule has 22 heavy (non-hydrogen) atoms. The zero-order chi connectivity index (χ0) is 15.9. The predicted molar refractivity (Wildman–Crippen MR) is 85.8 cm³/mol. The molecule has 1 atom stereocenters. The van der Waals surface area contributed by atoms with Crippen molar-refractivity contribution in [1.29, 1.82) is 10.7 Å². The van der Waals surface area contributed by atoms with Crippen LogP contribution in [0.25, 0.3) is 0 Å². The number of nitrogens with one attached hydrogen (secondary N) is 3. The number of para-hydroxylation sites is 2. The third-order valence-electron chi connectivity index (χ3n) is 2.92. The highest BCUT2D eigenvalue weighted by molar-refractivity contribution is 6.45. The Labute approximate surface area is 127 Å². The second-order valence-corrected chi connectivity index (χ2v) is 4.52. The van der Waals surface area contributed by atoms with Crippen LogP contribution in [0.2, 0.25) is 0 Å². The molecule has 7 heteroatoms. The lowest BCUT2D eigenvalue weighted by atomic mass is 10.2. The van der Waals surface area contributed by atoms with Crippen LogP contribution in [0, 0.1) is 16.7 Å². The highest BCUT2D eigenvalue weighted by Gasteiger charge is 2.10. The third-order valence-corrected chi connectivity index (χ3v) is 2.92. The molecule has 0 saturated heterocycles. The lowest BCUT2D eigenvalue weighted by Gasteiger charge is -2.16. The van der Waals surface area contributed by atoms with E-state index in [1.165, 1.54) is 0 Å². The minimum atomic E-state index is -0.385. The Bertz CT molecular complexity index is 714. The van der Waals surface area contributed by atoms with Crippen molar-refractivity contribution >= 4 is 22.9 Å². The number of anilines is 2. The minimum absolute atomic E-state index is 0.0369. The van der Waals surface area contributed by atoms with Crippen LogP contribution in [0.1, 0.15) is 18.7 Å². The molecule has 1 unspecified atom stereocenters. The third kappa shape index (κ3) is 3.64. The summed E-state index contributed by atoms with van der Waals surface area (Å²) >= 11 is 0. The minimum Gasteiger partial charge on any atom is -0.467 e. The van der Waals surface area contributed by atoms with E-state index in [0.717, 1.165) is 11.4 Å². The van der Waals surface area contributed by atoms with Gasteiger partial charge in [-0.2, -0.15) is 10.4 Å². The molecule has 0 aliphatic carbocycles. The maximum absolute atomic E-state index is 8.84. The van der Waals surface area contributed by atoms with E-state index in [4.69, 9.17) is 20.8 Å². The highest BCUT2D eigenvalue weighted by Crippen LogP contribution is 2.26. The fourth-order valence-corrected chi connectivity index (χ4v) is 1.81. The zero-order valence-electron chi connectivity index (χ0n) is 12.0. The number of amidine groups is 1. The molecule has 0 radical (unpaired) electrons. The molecule has 112 valence electrons. The van der Waals surface area contributed by atoms with Crippen molar-refractivity contribution < 1.29 is 4.42 Å². The van der Waals surface area contributed by atoms with Crippen molar-refractivity contribution in [2.45, 2.75) is 13.0 Å². The van der Waals surface area contributed by atoms with Gasteiger partial charge in [-0.15, -0.1) is 0 Å². The summed E-state index contributed by atoms with van der Waals surface area (Å²) in [5.74, 6) is 0.421. The molecule has 7 nitrogen and oxygen atoms in total. The highest BCUT2D eigenvalue weighted by atomic mass is 16.3. The Balaban J connectivity index is 2.17. The van der Waals surface area contributed by atoms with Gasteiger partial charge in [-0.05, 0) is 31.2 Å². The second-order valence-electron chi connectivity index (χ2n) is 4.52. The van der Waals surface area contributed by atoms with Crippen LogP contribution in [0.3, 0.4) is 0 Å². The van der Waals surface area contributed by atoms with E-state index in [1.807, 2.05) is 37.3 Å². The molecule has 2 aromatic rings. The Morgan fingerprint density at radius 1 is 1.32 bits per heavy atom. The zero-order valence-corrected chi connectivity index (χ0v) is 12.0. The van der Waals surface area contributed by atoms with Crippen molar-refractivity contribution in [2.24, 2.45) is 10.8 Å². The first-order chi connectivity index (χ1) is 10.6. The summed E-state index contributed by atoms with van der Waals surface area (Å²) in [5.41, 5.74) is 9.28. The van der Waals surface area contributed by atoms with Gasteiger partial charge < -0.3 is 15.5 Å². The van der Waals surface area contributed by atoms with Crippen LogP contribution in [-0.2, 0) is 0 Å². The average Bonchev–Trinajstić information content (AvgIpc) is 3.03. The number of nitrogens with zero attached hydrogens (tertiary/aromatic N) is 2. The molecule has 0 aliphatic rings. The van der Waals surface area contributed by atoms with Crippen LogP contribution in [0.5, 0.6) is 0 Å². The molecule has 2 rings (SSSR count). The van der Waals surface area contributed by atoms with Crippen LogP contribution in [-0.4, -0.2) is 11.5 Å². The lowest BCUT2D eigenvalue weighted by Crippen LogP contribution is -2.22. The summed E-state index contributed by atoms with van der Waals surface area (Å²) in [6, 6.07) is 12.8. The predicted octanol–water partition coefficient (Wildman–Crippen LogP) is 2.68. The van der Waals surface area contributed by atoms with Gasteiger partial charge in [0.05, 0.1) is 23.7 Å². The van der Waals surface area contributed by atoms with E-state index in [2.05, 4.69) is 15.8 Å². The van der Waals surface area contributed by atoms with Gasteiger partial charge in [-0.25, -0.2) is 0 Å². The second kappa shape index (κ2) is 6.95. The Hall–Kier alpha value is -3.27. The van der Waals surface area contributed by atoms with Gasteiger partial charge >= 0.3 is 0 Å². The summed E-state index contributed by atoms with van der Waals surface area (Å²) in [6.45, 7) is 1.97. The van der Waals surface area contributed by atoms with E-state index in [9.17, 15) is 0 Å². The molecule has 1 aromatic carbocycles. The standard InChI is InChI=1S/C15H16N6O/c1-10(14-7-4-8-22-14)19-11-5-2-3-6-12(11)20-21-13(9-16)15(17)18/h2-8,10,19-20H,1H3,(H3,17,18)/b21-13+. The normalized spacial score (nSPS) is 12.3. The van der Waals surface area contributed by atoms with Crippen LogP contribution in [0.4, 0.5) is 11.4 Å². The molecule has 0 spiro atoms. The van der Waals surface area contributed by atoms with E-state index in [-0.39, 0.29) is 17.6 Å². The first kappa shape index (κ1) is 15.1. The molecule has 1 aromatic heterocycles. The van der Waals surface area contributed by atoms with E-state index < -0.39 is 0 Å². The molecule has 0 aliphatic heterocycles. The number of hydrazone groups is 1. The molecule has 0 bridgehead atoms. The van der Waals surface area contributed by atoms with Gasteiger partial charge in [0, 0.05) is 0 Å². The average molecular weight is 296 g/mol. The number of benzene rings is 1. The fraction of sp³-hybridized carbons (Fsp3) is 0.133. The van der Waals surface area contributed by atoms with Gasteiger partial charge in [0.2, 0.25) is 5.71 Å². The van der Waals surface area contributed by atoms with E-state index in [0.29, 0.717) is 5.69 Å². The van der Waals surface area contributed by atoms with Gasteiger partial charge in [0.15, 0.2) is 5.84 Å². The Morgan fingerprint density at radius 3 is 2.64 bits per heavy atom. The maximum atomic E-state index is 8.84. The van der Waals surface area contributed by atoms with Crippen molar-refractivity contribution in [2.75, 3.05) is 10.7 Å². The summed E-state index contributed by atoms with van der Waals surface area (Å²) < 4.78 is 5.36. The topological polar surface area (TPSA) is 123 Å². The molecular formula is C15H16N6O. The summed E-state index contributed by atoms with van der Waals surface area (Å²) in [6.07, 6.45) is 1.62. The number of furan rings is 1. The van der Waals surface area contributed by atoms with Crippen molar-refractivity contribution in [1.82, 2.24) is 0 Å². The van der Waals surface area contributed by atoms with Crippen LogP contribution in [0.15, 0.2) is 52.2 Å². The lowest BCUT2D eigenvalue weighted by molar-refractivity contribution is 0.490. The van der Waals surface area contributed by atoms with Crippen LogP contribution >= 0.6 is 0 Å². The first-order valence-corrected chi connectivity index (χ1v) is 6.59. The number of hydrogen-bond acceptors (Lipinski definition) is 6. The number of hydrogen-bond donors (Lipinski definition) is 4. The van der Waals surface area contributed by atoms with Crippen molar-refractivity contribution in [3.63, 3.8) is 0 Å². The summed E-state index contributed by atoms with van der Waals surface area (Å²) in [7, 11) is 0. The van der Waals surface area contributed by atoms with E-state index >= 15 is 0 Å². The van der Waals surface area contributed by atoms with Gasteiger partial charge in [-0.3, -0.25) is 10.8 Å². The molecule has 1 heterocycles. The number of nitrogens with two attached hydrogens (primary N) is 1. The summed E-state index contributed by atoms with van der Waals surface area (Å²) in [5, 5.41) is 23.2. The molecule has 0 saturated carbocycles. The first-order valence-electron chi connectivity index (χ1n) is 6.59. The van der Waals surface area contributed by atoms with Crippen LogP contribution < -0.4 is 16.5 Å². The van der Waals surface area contributed by atoms with Crippen molar-refractivity contribution in [3.8, 4) is 6.07 Å². The quantitative estimate of drug-likeness (QED) is 0.370. The van der Waals surface area contributed by atoms with Gasteiger partial charge in [-0.1, -0.05) is 12.1 Å². The summed E-state index contributed by atoms with van der Waals surface area (Å²) in [4.78, 5) is 0. The van der Waals surface area contributed by atoms with Crippen molar-refractivity contribution in [3.05, 3.63) is 48.4 Å². The van der Waals surface area contributed by atoms with Gasteiger partial charge in [0.1, 0.15) is 11.8 Å². The SMILES string of the molecule is CC(Nc1ccccc1N/N=C(\C#N)C(=N)N)c1ccco1. The Morgan fingerprint density at radius 2 is 2.05 bits per heavy atom. The maximum Gasteiger partial charge on any atom is 0.201 e. The smallest absolute Gasteiger partial charge is 0.201 e. The Kier molecular flexibility index (Phi) is 4.78. The monoisotopic (exact) mass is 296 g/mol. The molecule has 0 amide bonds. The fourth-order valence-electron chi connectivity index (χ4n) is 1.81. The largest absolute Gasteiger partial charge is 0.467 e. The van der Waals surface area contributed by atoms with E-state index in [1.54, 1.807) is 18.4 Å². The number of nitriles is 1.